The van der Waals surface area contributed by atoms with E-state index < -0.39 is 0 Å². The Labute approximate surface area is 174 Å². The average Bonchev–Trinajstić information content (AvgIpc) is 3.12. The van der Waals surface area contributed by atoms with Crippen LogP contribution < -0.4 is 4.74 Å². The first-order valence-electron chi connectivity index (χ1n) is 9.52. The van der Waals surface area contributed by atoms with Crippen molar-refractivity contribution in [2.24, 2.45) is 11.0 Å². The van der Waals surface area contributed by atoms with E-state index in [4.69, 9.17) is 33.0 Å². The highest BCUT2D eigenvalue weighted by Gasteiger charge is 2.42. The van der Waals surface area contributed by atoms with Gasteiger partial charge >= 0.3 is 0 Å². The second kappa shape index (κ2) is 6.68. The summed E-state index contributed by atoms with van der Waals surface area (Å²) in [6, 6.07) is 18.7. The lowest BCUT2D eigenvalue weighted by molar-refractivity contribution is -0.0460. The Morgan fingerprint density at radius 1 is 1.04 bits per heavy atom. The minimum atomic E-state index is -0.158. The summed E-state index contributed by atoms with van der Waals surface area (Å²) < 4.78 is 6.28. The summed E-state index contributed by atoms with van der Waals surface area (Å²) in [4.78, 5) is 0. The number of nitrogens with zero attached hydrogens (tertiary/aromatic N) is 2. The molecular formula is C23H20Cl2N2O. The molecule has 0 bridgehead atoms. The average molecular weight is 411 g/mol. The van der Waals surface area contributed by atoms with E-state index in [0.29, 0.717) is 10.0 Å². The SMILES string of the molecule is CC(C)C1Oc2c(Cl)cc(Cl)cc2C2CC(c3ccc4ccccc4c3)=NN21. The van der Waals surface area contributed by atoms with E-state index in [-0.39, 0.29) is 18.2 Å². The zero-order chi connectivity index (χ0) is 19.4. The molecule has 28 heavy (non-hydrogen) atoms. The third-order valence-electron chi connectivity index (χ3n) is 5.49. The van der Waals surface area contributed by atoms with Crippen molar-refractivity contribution in [2.45, 2.75) is 32.5 Å². The van der Waals surface area contributed by atoms with Gasteiger partial charge in [0, 0.05) is 22.9 Å². The number of halogens is 2. The van der Waals surface area contributed by atoms with Gasteiger partial charge in [0.05, 0.1) is 16.8 Å². The molecular weight excluding hydrogens is 391 g/mol. The summed E-state index contributed by atoms with van der Waals surface area (Å²) >= 11 is 12.8. The lowest BCUT2D eigenvalue weighted by Gasteiger charge is -2.40. The number of ether oxygens (including phenoxy) is 1. The zero-order valence-electron chi connectivity index (χ0n) is 15.7. The second-order valence-electron chi connectivity index (χ2n) is 7.77. The van der Waals surface area contributed by atoms with Crippen molar-refractivity contribution in [3.63, 3.8) is 0 Å². The normalized spacial score (nSPS) is 20.8. The third kappa shape index (κ3) is 2.85. The molecule has 0 aromatic heterocycles. The van der Waals surface area contributed by atoms with Crippen LogP contribution in [0.15, 0.2) is 59.7 Å². The van der Waals surface area contributed by atoms with Crippen LogP contribution in [-0.2, 0) is 0 Å². The fourth-order valence-electron chi connectivity index (χ4n) is 4.13. The van der Waals surface area contributed by atoms with Crippen LogP contribution in [0.4, 0.5) is 0 Å². The summed E-state index contributed by atoms with van der Waals surface area (Å²) in [5, 5.41) is 10.7. The van der Waals surface area contributed by atoms with Gasteiger partial charge in [0.15, 0.2) is 6.23 Å². The van der Waals surface area contributed by atoms with Crippen LogP contribution in [-0.4, -0.2) is 16.9 Å². The van der Waals surface area contributed by atoms with E-state index in [0.717, 1.165) is 29.0 Å². The Morgan fingerprint density at radius 3 is 2.61 bits per heavy atom. The molecule has 3 aromatic rings. The molecule has 5 rings (SSSR count). The Balaban J connectivity index is 1.59. The van der Waals surface area contributed by atoms with Crippen LogP contribution in [0.2, 0.25) is 10.0 Å². The summed E-state index contributed by atoms with van der Waals surface area (Å²) in [6.45, 7) is 4.28. The van der Waals surface area contributed by atoms with E-state index in [1.165, 1.54) is 10.8 Å². The Morgan fingerprint density at radius 2 is 1.82 bits per heavy atom. The highest BCUT2D eigenvalue weighted by molar-refractivity contribution is 6.35. The molecule has 2 atom stereocenters. The molecule has 0 saturated heterocycles. The summed E-state index contributed by atoms with van der Waals surface area (Å²) in [5.41, 5.74) is 3.22. The molecule has 0 N–H and O–H groups in total. The van der Waals surface area contributed by atoms with Crippen LogP contribution in [0.1, 0.15) is 37.4 Å². The van der Waals surface area contributed by atoms with Gasteiger partial charge in [0.1, 0.15) is 5.75 Å². The highest BCUT2D eigenvalue weighted by atomic mass is 35.5. The number of hydrogen-bond acceptors (Lipinski definition) is 3. The predicted octanol–water partition coefficient (Wildman–Crippen LogP) is 6.67. The van der Waals surface area contributed by atoms with E-state index in [2.05, 4.69) is 61.3 Å². The topological polar surface area (TPSA) is 24.8 Å². The maximum atomic E-state index is 6.46. The van der Waals surface area contributed by atoms with Gasteiger partial charge in [0.25, 0.3) is 0 Å². The van der Waals surface area contributed by atoms with Crippen LogP contribution in [0.5, 0.6) is 5.75 Å². The molecule has 2 unspecified atom stereocenters. The predicted molar refractivity (Wildman–Crippen MR) is 115 cm³/mol. The van der Waals surface area contributed by atoms with Crippen molar-refractivity contribution in [3.8, 4) is 5.75 Å². The van der Waals surface area contributed by atoms with Gasteiger partial charge in [0.2, 0.25) is 0 Å². The molecule has 2 heterocycles. The van der Waals surface area contributed by atoms with Gasteiger partial charge in [-0.05, 0) is 34.5 Å². The smallest absolute Gasteiger partial charge is 0.190 e. The van der Waals surface area contributed by atoms with Gasteiger partial charge in [-0.15, -0.1) is 0 Å². The number of fused-ring (bicyclic) bond motifs is 4. The van der Waals surface area contributed by atoms with Crippen molar-refractivity contribution in [1.82, 2.24) is 5.01 Å². The van der Waals surface area contributed by atoms with Gasteiger partial charge < -0.3 is 4.74 Å². The molecule has 0 saturated carbocycles. The number of hydrogen-bond donors (Lipinski definition) is 0. The van der Waals surface area contributed by atoms with E-state index in [1.54, 1.807) is 6.07 Å². The quantitative estimate of drug-likeness (QED) is 0.470. The lowest BCUT2D eigenvalue weighted by Crippen LogP contribution is -2.43. The second-order valence-corrected chi connectivity index (χ2v) is 8.61. The number of hydrazone groups is 1. The molecule has 0 radical (unpaired) electrons. The highest BCUT2D eigenvalue weighted by Crippen LogP contribution is 2.48. The Kier molecular flexibility index (Phi) is 4.26. The molecule has 0 fully saturated rings. The summed E-state index contributed by atoms with van der Waals surface area (Å²) in [6.07, 6.45) is 0.642. The molecule has 3 nitrogen and oxygen atoms in total. The van der Waals surface area contributed by atoms with Crippen LogP contribution in [0, 0.1) is 5.92 Å². The van der Waals surface area contributed by atoms with Crippen LogP contribution >= 0.6 is 23.2 Å². The first-order valence-corrected chi connectivity index (χ1v) is 10.3. The molecule has 0 amide bonds. The molecule has 0 spiro atoms. The number of benzene rings is 3. The standard InChI is InChI=1S/C23H20Cl2N2O/c1-13(2)23-27-21(18-10-17(24)11-19(25)22(18)28-23)12-20(26-27)16-8-7-14-5-3-4-6-15(14)9-16/h3-11,13,21,23H,12H2,1-2H3. The van der Waals surface area contributed by atoms with E-state index >= 15 is 0 Å². The molecule has 2 aliphatic rings. The maximum absolute atomic E-state index is 6.46. The zero-order valence-corrected chi connectivity index (χ0v) is 17.2. The first-order chi connectivity index (χ1) is 13.5. The molecule has 0 aliphatic carbocycles. The van der Waals surface area contributed by atoms with E-state index in [9.17, 15) is 0 Å². The van der Waals surface area contributed by atoms with Crippen molar-refractivity contribution < 1.29 is 4.74 Å². The van der Waals surface area contributed by atoms with Gasteiger partial charge in [-0.2, -0.15) is 5.10 Å². The lowest BCUT2D eigenvalue weighted by atomic mass is 9.94. The summed E-state index contributed by atoms with van der Waals surface area (Å²) in [5.74, 6) is 1.00. The fraction of sp³-hybridized carbons (Fsp3) is 0.261. The van der Waals surface area contributed by atoms with Crippen molar-refractivity contribution >= 4 is 39.7 Å². The minimum absolute atomic E-state index is 0.0776. The Bertz CT molecular complexity index is 1110. The van der Waals surface area contributed by atoms with Gasteiger partial charge in [-0.25, -0.2) is 5.01 Å². The first kappa shape index (κ1) is 17.8. The number of rotatable bonds is 2. The minimum Gasteiger partial charge on any atom is -0.467 e. The third-order valence-corrected chi connectivity index (χ3v) is 5.99. The van der Waals surface area contributed by atoms with Gasteiger partial charge in [-0.3, -0.25) is 0 Å². The Hall–Kier alpha value is -2.23. The molecule has 5 heteroatoms. The summed E-state index contributed by atoms with van der Waals surface area (Å²) in [7, 11) is 0. The van der Waals surface area contributed by atoms with Crippen LogP contribution in [0.3, 0.4) is 0 Å². The van der Waals surface area contributed by atoms with Crippen molar-refractivity contribution in [3.05, 3.63) is 75.8 Å². The largest absolute Gasteiger partial charge is 0.467 e. The molecule has 142 valence electrons. The van der Waals surface area contributed by atoms with Crippen molar-refractivity contribution in [2.75, 3.05) is 0 Å². The van der Waals surface area contributed by atoms with Crippen molar-refractivity contribution in [1.29, 1.82) is 0 Å². The van der Waals surface area contributed by atoms with E-state index in [1.807, 2.05) is 6.07 Å². The molecule has 3 aromatic carbocycles. The monoisotopic (exact) mass is 410 g/mol. The molecule has 2 aliphatic heterocycles. The fourth-order valence-corrected chi connectivity index (χ4v) is 4.68. The maximum Gasteiger partial charge on any atom is 0.190 e. The van der Waals surface area contributed by atoms with Crippen LogP contribution in [0.25, 0.3) is 10.8 Å². The van der Waals surface area contributed by atoms with Gasteiger partial charge in [-0.1, -0.05) is 73.4 Å².